The lowest BCUT2D eigenvalue weighted by molar-refractivity contribution is 0.00578. The summed E-state index contributed by atoms with van der Waals surface area (Å²) in [5, 5.41) is 7.17. The van der Waals surface area contributed by atoms with Gasteiger partial charge in [0.1, 0.15) is 0 Å². The number of aryl methyl sites for hydroxylation is 2. The van der Waals surface area contributed by atoms with Crippen LogP contribution in [-0.4, -0.2) is 35.1 Å². The van der Waals surface area contributed by atoms with Gasteiger partial charge in [0.15, 0.2) is 0 Å². The predicted molar refractivity (Wildman–Crippen MR) is 81.2 cm³/mol. The molecule has 0 bridgehead atoms. The van der Waals surface area contributed by atoms with Crippen molar-refractivity contribution in [1.82, 2.24) is 10.2 Å². The van der Waals surface area contributed by atoms with Gasteiger partial charge in [-0.05, 0) is 47.0 Å². The number of aromatic nitrogens is 2. The maximum absolute atomic E-state index is 6.04. The highest BCUT2D eigenvalue weighted by Gasteiger charge is 2.52. The second-order valence-corrected chi connectivity index (χ2v) is 6.36. The van der Waals surface area contributed by atoms with Gasteiger partial charge in [-0.1, -0.05) is 6.08 Å². The summed E-state index contributed by atoms with van der Waals surface area (Å²) in [6, 6.07) is 0. The molecule has 0 aliphatic carbocycles. The van der Waals surface area contributed by atoms with E-state index in [9.17, 15) is 0 Å². The van der Waals surface area contributed by atoms with Gasteiger partial charge < -0.3 is 15.0 Å². The van der Waals surface area contributed by atoms with Crippen molar-refractivity contribution in [2.45, 2.75) is 52.7 Å². The molecule has 0 aromatic carbocycles. The topological polar surface area (TPSA) is 73.2 Å². The Hall–Kier alpha value is -1.11. The predicted octanol–water partition coefficient (Wildman–Crippen LogP) is 2.00. The molecule has 1 aromatic rings. The van der Waals surface area contributed by atoms with Crippen LogP contribution in [0.4, 0.5) is 0 Å². The fourth-order valence-electron chi connectivity index (χ4n) is 2.18. The Morgan fingerprint density at radius 2 is 1.80 bits per heavy atom. The normalized spacial score (nSPS) is 21.6. The first-order valence-corrected chi connectivity index (χ1v) is 6.95. The molecule has 2 heterocycles. The summed E-state index contributed by atoms with van der Waals surface area (Å²) < 4.78 is 12.1. The van der Waals surface area contributed by atoms with Crippen LogP contribution in [0.1, 0.15) is 44.6 Å². The van der Waals surface area contributed by atoms with Crippen LogP contribution in [-0.2, 0) is 9.31 Å². The zero-order valence-corrected chi connectivity index (χ0v) is 13.2. The minimum atomic E-state index is -0.404. The lowest BCUT2D eigenvalue weighted by Crippen LogP contribution is -2.41. The van der Waals surface area contributed by atoms with Crippen LogP contribution in [0, 0.1) is 13.8 Å². The molecule has 6 heteroatoms. The largest absolute Gasteiger partial charge is 0.491 e. The van der Waals surface area contributed by atoms with Crippen LogP contribution in [0.2, 0.25) is 0 Å². The second-order valence-electron chi connectivity index (χ2n) is 6.36. The van der Waals surface area contributed by atoms with Gasteiger partial charge in [0.25, 0.3) is 0 Å². The number of hydrogen-bond donors (Lipinski definition) is 2. The lowest BCUT2D eigenvalue weighted by atomic mass is 9.77. The first-order valence-electron chi connectivity index (χ1n) is 6.95. The Bertz CT molecular complexity index is 499. The molecule has 0 atom stereocenters. The number of aromatic amines is 1. The van der Waals surface area contributed by atoms with Crippen molar-refractivity contribution in [3.8, 4) is 0 Å². The summed E-state index contributed by atoms with van der Waals surface area (Å²) in [6.45, 7) is 12.5. The van der Waals surface area contributed by atoms with Gasteiger partial charge in [-0.25, -0.2) is 0 Å². The molecule has 1 aliphatic rings. The molecule has 0 radical (unpaired) electrons. The quantitative estimate of drug-likeness (QED) is 0.829. The van der Waals surface area contributed by atoms with Gasteiger partial charge in [-0.15, -0.1) is 0 Å². The van der Waals surface area contributed by atoms with E-state index in [1.54, 1.807) is 0 Å². The van der Waals surface area contributed by atoms with E-state index in [2.05, 4.69) is 10.2 Å². The van der Waals surface area contributed by atoms with Gasteiger partial charge >= 0.3 is 7.12 Å². The number of nitrogens with one attached hydrogen (secondary N) is 1. The Morgan fingerprint density at radius 3 is 2.20 bits per heavy atom. The van der Waals surface area contributed by atoms with Crippen molar-refractivity contribution in [1.29, 1.82) is 0 Å². The maximum Gasteiger partial charge on any atom is 0.491 e. The van der Waals surface area contributed by atoms with E-state index in [1.165, 1.54) is 0 Å². The third-order valence-corrected chi connectivity index (χ3v) is 4.31. The summed E-state index contributed by atoms with van der Waals surface area (Å²) in [4.78, 5) is 0. The Labute approximate surface area is 121 Å². The highest BCUT2D eigenvalue weighted by molar-refractivity contribution is 6.55. The first kappa shape index (κ1) is 15.3. The summed E-state index contributed by atoms with van der Waals surface area (Å²) in [5.74, 6) is 0. The van der Waals surface area contributed by atoms with Crippen LogP contribution >= 0.6 is 0 Å². The fraction of sp³-hybridized carbons (Fsp3) is 0.643. The lowest BCUT2D eigenvalue weighted by Gasteiger charge is -2.32. The SMILES string of the molecule is Cc1n[nH]c(C)c1C=C(CN)B1OC(C)(C)C(C)(C)O1. The fourth-order valence-corrected chi connectivity index (χ4v) is 2.18. The van der Waals surface area contributed by atoms with E-state index in [0.717, 1.165) is 22.4 Å². The Morgan fingerprint density at radius 1 is 1.25 bits per heavy atom. The molecule has 0 spiro atoms. The standard InChI is InChI=1S/C14H24BN3O2/c1-9-12(10(2)18-17-9)7-11(8-16)15-19-13(3,4)14(5,6)20-15/h7H,8,16H2,1-6H3,(H,17,18). The van der Waals surface area contributed by atoms with Crippen molar-refractivity contribution in [2.75, 3.05) is 6.54 Å². The Balaban J connectivity index is 2.31. The third kappa shape index (κ3) is 2.55. The van der Waals surface area contributed by atoms with Gasteiger partial charge in [0.2, 0.25) is 0 Å². The van der Waals surface area contributed by atoms with Gasteiger partial charge in [-0.3, -0.25) is 5.10 Å². The molecule has 2 rings (SSSR count). The summed E-state index contributed by atoms with van der Waals surface area (Å²) in [7, 11) is -0.404. The monoisotopic (exact) mass is 277 g/mol. The van der Waals surface area contributed by atoms with E-state index in [4.69, 9.17) is 15.0 Å². The molecule has 0 amide bonds. The van der Waals surface area contributed by atoms with E-state index < -0.39 is 7.12 Å². The third-order valence-electron chi connectivity index (χ3n) is 4.31. The average Bonchev–Trinajstić information content (AvgIpc) is 2.75. The van der Waals surface area contributed by atoms with Gasteiger partial charge in [0, 0.05) is 17.8 Å². The molecule has 1 saturated heterocycles. The molecule has 1 aromatic heterocycles. The highest BCUT2D eigenvalue weighted by Crippen LogP contribution is 2.38. The van der Waals surface area contributed by atoms with Crippen molar-refractivity contribution >= 4 is 13.2 Å². The van der Waals surface area contributed by atoms with Crippen molar-refractivity contribution < 1.29 is 9.31 Å². The maximum atomic E-state index is 6.04. The van der Waals surface area contributed by atoms with E-state index in [1.807, 2.05) is 47.6 Å². The second kappa shape index (κ2) is 5.02. The van der Waals surface area contributed by atoms with Crippen LogP contribution in [0.15, 0.2) is 5.47 Å². The summed E-state index contributed by atoms with van der Waals surface area (Å²) in [5.41, 5.74) is 9.13. The molecule has 0 saturated carbocycles. The van der Waals surface area contributed by atoms with E-state index in [-0.39, 0.29) is 11.2 Å². The summed E-state index contributed by atoms with van der Waals surface area (Å²) >= 11 is 0. The molecule has 1 fully saturated rings. The smallest absolute Gasteiger partial charge is 0.400 e. The number of nitrogens with two attached hydrogens (primary N) is 1. The molecule has 0 unspecified atom stereocenters. The molecular formula is C14H24BN3O2. The molecule has 5 nitrogen and oxygen atoms in total. The van der Waals surface area contributed by atoms with Crippen molar-refractivity contribution in [3.63, 3.8) is 0 Å². The van der Waals surface area contributed by atoms with Crippen LogP contribution < -0.4 is 5.73 Å². The number of nitrogens with zero attached hydrogens (tertiary/aromatic N) is 1. The first-order chi connectivity index (χ1) is 9.18. The van der Waals surface area contributed by atoms with Crippen molar-refractivity contribution in [3.05, 3.63) is 22.4 Å². The van der Waals surface area contributed by atoms with E-state index >= 15 is 0 Å². The van der Waals surface area contributed by atoms with Crippen molar-refractivity contribution in [2.24, 2.45) is 5.73 Å². The molecule has 110 valence electrons. The number of rotatable bonds is 3. The van der Waals surface area contributed by atoms with Gasteiger partial charge in [0.05, 0.1) is 16.9 Å². The molecule has 1 aliphatic heterocycles. The number of H-pyrrole nitrogens is 1. The van der Waals surface area contributed by atoms with E-state index in [0.29, 0.717) is 6.54 Å². The van der Waals surface area contributed by atoms with Crippen LogP contribution in [0.25, 0.3) is 6.08 Å². The average molecular weight is 277 g/mol. The van der Waals surface area contributed by atoms with Gasteiger partial charge in [-0.2, -0.15) is 5.10 Å². The summed E-state index contributed by atoms with van der Waals surface area (Å²) in [6.07, 6.45) is 2.02. The number of hydrogen-bond acceptors (Lipinski definition) is 4. The minimum Gasteiger partial charge on any atom is -0.400 e. The molecule has 3 N–H and O–H groups in total. The van der Waals surface area contributed by atoms with Crippen LogP contribution in [0.5, 0.6) is 0 Å². The molecular weight excluding hydrogens is 253 g/mol. The highest BCUT2D eigenvalue weighted by atomic mass is 16.7. The zero-order chi connectivity index (χ0) is 15.1. The molecule has 20 heavy (non-hydrogen) atoms. The Kier molecular flexibility index (Phi) is 3.84. The minimum absolute atomic E-state index is 0.355. The zero-order valence-electron chi connectivity index (χ0n) is 13.2. The van der Waals surface area contributed by atoms with Crippen LogP contribution in [0.3, 0.4) is 0 Å².